The van der Waals surface area contributed by atoms with Crippen molar-refractivity contribution in [2.45, 2.75) is 11.8 Å². The maximum Gasteiger partial charge on any atom is 0.244 e. The van der Waals surface area contributed by atoms with Crippen LogP contribution in [0.3, 0.4) is 0 Å². The molecule has 160 valence electrons. The van der Waals surface area contributed by atoms with Gasteiger partial charge >= 0.3 is 0 Å². The van der Waals surface area contributed by atoms with Gasteiger partial charge in [0.15, 0.2) is 15.0 Å². The number of carbonyl (C=O) groups excluding carboxylic acids is 1. The number of hydrogen-bond donors (Lipinski definition) is 0. The van der Waals surface area contributed by atoms with Crippen LogP contribution in [0, 0.1) is 6.92 Å². The van der Waals surface area contributed by atoms with Gasteiger partial charge in [-0.3, -0.25) is 9.69 Å². The molecule has 30 heavy (non-hydrogen) atoms. The first kappa shape index (κ1) is 22.2. The molecular weight excluding hydrogens is 422 g/mol. The Balaban J connectivity index is 1.98. The third-order valence-corrected chi connectivity index (χ3v) is 7.46. The van der Waals surface area contributed by atoms with E-state index in [1.807, 2.05) is 38.1 Å². The molecule has 0 unspecified atom stereocenters. The number of aromatic nitrogens is 1. The van der Waals surface area contributed by atoms with E-state index in [4.69, 9.17) is 4.74 Å². The molecule has 0 atom stereocenters. The van der Waals surface area contributed by atoms with E-state index in [2.05, 4.69) is 4.98 Å². The number of fused-ring (bicyclic) bond motifs is 1. The van der Waals surface area contributed by atoms with Crippen molar-refractivity contribution in [3.63, 3.8) is 0 Å². The fourth-order valence-corrected chi connectivity index (χ4v) is 5.27. The lowest BCUT2D eigenvalue weighted by atomic mass is 10.2. The van der Waals surface area contributed by atoms with Crippen LogP contribution in [-0.4, -0.2) is 64.3 Å². The molecule has 0 radical (unpaired) electrons. The van der Waals surface area contributed by atoms with Crippen molar-refractivity contribution in [1.82, 2.24) is 9.88 Å². The second-order valence-corrected chi connectivity index (χ2v) is 10.1. The first-order valence-electron chi connectivity index (χ1n) is 9.40. The van der Waals surface area contributed by atoms with Gasteiger partial charge in [0, 0.05) is 13.1 Å². The van der Waals surface area contributed by atoms with E-state index < -0.39 is 21.5 Å². The second kappa shape index (κ2) is 9.11. The summed E-state index contributed by atoms with van der Waals surface area (Å²) in [7, 11) is 1.61. The summed E-state index contributed by atoms with van der Waals surface area (Å²) in [5.41, 5.74) is 1.69. The number of aryl methyl sites for hydroxylation is 1. The van der Waals surface area contributed by atoms with Crippen molar-refractivity contribution in [3.8, 4) is 5.75 Å². The van der Waals surface area contributed by atoms with Gasteiger partial charge in [-0.15, -0.1) is 0 Å². The molecule has 2 aromatic carbocycles. The maximum atomic E-state index is 13.1. The lowest BCUT2D eigenvalue weighted by Crippen LogP contribution is -2.40. The molecule has 0 N–H and O–H groups in total. The average Bonchev–Trinajstić information content (AvgIpc) is 3.14. The summed E-state index contributed by atoms with van der Waals surface area (Å²) >= 11 is 1.36. The number of nitrogens with zero attached hydrogens (tertiary/aromatic N) is 3. The number of benzene rings is 2. The van der Waals surface area contributed by atoms with Crippen LogP contribution in [0.1, 0.15) is 5.56 Å². The highest BCUT2D eigenvalue weighted by atomic mass is 32.2. The van der Waals surface area contributed by atoms with Crippen LogP contribution in [0.15, 0.2) is 47.4 Å². The molecule has 0 saturated heterocycles. The quantitative estimate of drug-likeness (QED) is 0.528. The molecule has 0 spiro atoms. The van der Waals surface area contributed by atoms with Gasteiger partial charge in [-0.25, -0.2) is 13.4 Å². The number of hydrogen-bond acceptors (Lipinski definition) is 7. The molecule has 1 heterocycles. The Morgan fingerprint density at radius 1 is 1.10 bits per heavy atom. The van der Waals surface area contributed by atoms with E-state index in [0.29, 0.717) is 29.5 Å². The number of carbonyl (C=O) groups is 1. The molecule has 0 fully saturated rings. The Morgan fingerprint density at radius 2 is 1.80 bits per heavy atom. The molecule has 0 aliphatic carbocycles. The van der Waals surface area contributed by atoms with E-state index in [0.717, 1.165) is 10.3 Å². The zero-order chi connectivity index (χ0) is 21.9. The number of amides is 1. The average molecular weight is 448 g/mol. The van der Waals surface area contributed by atoms with Crippen molar-refractivity contribution in [2.24, 2.45) is 0 Å². The van der Waals surface area contributed by atoms with Crippen molar-refractivity contribution < 1.29 is 17.9 Å². The van der Waals surface area contributed by atoms with Crippen LogP contribution < -0.4 is 9.64 Å². The highest BCUT2D eigenvalue weighted by Gasteiger charge is 2.27. The predicted octanol–water partition coefficient (Wildman–Crippen LogP) is 2.98. The van der Waals surface area contributed by atoms with Gasteiger partial charge in [0.1, 0.15) is 17.0 Å². The predicted molar refractivity (Wildman–Crippen MR) is 120 cm³/mol. The minimum Gasteiger partial charge on any atom is -0.494 e. The van der Waals surface area contributed by atoms with Crippen molar-refractivity contribution in [3.05, 3.63) is 48.0 Å². The number of ether oxygens (including phenoxy) is 1. The monoisotopic (exact) mass is 447 g/mol. The van der Waals surface area contributed by atoms with E-state index in [1.165, 1.54) is 28.4 Å². The molecule has 0 saturated carbocycles. The third-order valence-electron chi connectivity index (χ3n) is 4.63. The molecule has 1 amide bonds. The zero-order valence-corrected chi connectivity index (χ0v) is 19.1. The van der Waals surface area contributed by atoms with Gasteiger partial charge < -0.3 is 9.64 Å². The number of methoxy groups -OCH3 is 1. The zero-order valence-electron chi connectivity index (χ0n) is 17.5. The van der Waals surface area contributed by atoms with Gasteiger partial charge in [-0.2, -0.15) is 0 Å². The van der Waals surface area contributed by atoms with Crippen molar-refractivity contribution in [1.29, 1.82) is 0 Å². The molecule has 0 aliphatic heterocycles. The molecular formula is C21H25N3O4S2. The number of rotatable bonds is 8. The molecule has 3 rings (SSSR count). The molecule has 1 aromatic heterocycles. The summed E-state index contributed by atoms with van der Waals surface area (Å²) in [5, 5.41) is 0.465. The Kier molecular flexibility index (Phi) is 6.74. The standard InChI is InChI=1S/C21H25N3O4S2/c1-15-10-11-17(28-4)19-20(15)29-21(22-19)24(13-12-23(2)3)18(25)14-30(26,27)16-8-6-5-7-9-16/h5-11H,12-14H2,1-4H3. The summed E-state index contributed by atoms with van der Waals surface area (Å²) in [6.07, 6.45) is 0. The molecule has 0 aliphatic rings. The first-order chi connectivity index (χ1) is 14.2. The number of anilines is 1. The third kappa shape index (κ3) is 4.80. The lowest BCUT2D eigenvalue weighted by Gasteiger charge is -2.22. The largest absolute Gasteiger partial charge is 0.494 e. The number of thiazole rings is 1. The van der Waals surface area contributed by atoms with Gasteiger partial charge in [0.25, 0.3) is 0 Å². The highest BCUT2D eigenvalue weighted by molar-refractivity contribution is 7.92. The number of likely N-dealkylation sites (N-methyl/N-ethyl adjacent to an activating group) is 1. The molecule has 0 bridgehead atoms. The summed E-state index contributed by atoms with van der Waals surface area (Å²) in [4.78, 5) is 21.3. The Morgan fingerprint density at radius 3 is 2.43 bits per heavy atom. The fraction of sp³-hybridized carbons (Fsp3) is 0.333. The van der Waals surface area contributed by atoms with Gasteiger partial charge in [-0.1, -0.05) is 35.6 Å². The van der Waals surface area contributed by atoms with E-state index in [9.17, 15) is 13.2 Å². The van der Waals surface area contributed by atoms with Crippen LogP contribution in [0.5, 0.6) is 5.75 Å². The topological polar surface area (TPSA) is 79.8 Å². The van der Waals surface area contributed by atoms with Crippen LogP contribution in [-0.2, 0) is 14.6 Å². The fourth-order valence-electron chi connectivity index (χ4n) is 2.96. The van der Waals surface area contributed by atoms with Gasteiger partial charge in [0.05, 0.1) is 16.7 Å². The summed E-state index contributed by atoms with van der Waals surface area (Å²) in [6, 6.07) is 11.8. The molecule has 7 nitrogen and oxygen atoms in total. The van der Waals surface area contributed by atoms with Crippen LogP contribution in [0.2, 0.25) is 0 Å². The Labute approximate surface area is 180 Å². The van der Waals surface area contributed by atoms with E-state index in [-0.39, 0.29) is 4.90 Å². The van der Waals surface area contributed by atoms with Crippen molar-refractivity contribution >= 4 is 42.4 Å². The Hall–Kier alpha value is -2.49. The number of sulfone groups is 1. The highest BCUT2D eigenvalue weighted by Crippen LogP contribution is 2.36. The minimum absolute atomic E-state index is 0.132. The smallest absolute Gasteiger partial charge is 0.244 e. The SMILES string of the molecule is COc1ccc(C)c2sc(N(CCN(C)C)C(=O)CS(=O)(=O)c3ccccc3)nc12. The van der Waals surface area contributed by atoms with Crippen LogP contribution >= 0.6 is 11.3 Å². The van der Waals surface area contributed by atoms with E-state index >= 15 is 0 Å². The van der Waals surface area contributed by atoms with Crippen LogP contribution in [0.4, 0.5) is 5.13 Å². The van der Waals surface area contributed by atoms with Gasteiger partial charge in [0.2, 0.25) is 5.91 Å². The summed E-state index contributed by atoms with van der Waals surface area (Å²) in [5.74, 6) is -0.498. The minimum atomic E-state index is -3.75. The molecule has 3 aromatic rings. The lowest BCUT2D eigenvalue weighted by molar-refractivity contribution is -0.116. The van der Waals surface area contributed by atoms with Crippen LogP contribution in [0.25, 0.3) is 10.2 Å². The second-order valence-electron chi connectivity index (χ2n) is 7.18. The molecule has 9 heteroatoms. The van der Waals surface area contributed by atoms with Gasteiger partial charge in [-0.05, 0) is 44.8 Å². The maximum absolute atomic E-state index is 13.1. The first-order valence-corrected chi connectivity index (χ1v) is 11.9. The van der Waals surface area contributed by atoms with E-state index in [1.54, 1.807) is 25.3 Å². The summed E-state index contributed by atoms with van der Waals surface area (Å²) in [6.45, 7) is 2.87. The summed E-state index contributed by atoms with van der Waals surface area (Å²) < 4.78 is 31.8. The normalized spacial score (nSPS) is 11.8. The van der Waals surface area contributed by atoms with Crippen molar-refractivity contribution in [2.75, 3.05) is 44.9 Å². The Bertz CT molecular complexity index is 1140.